The van der Waals surface area contributed by atoms with E-state index in [0.717, 1.165) is 12.8 Å². The molecule has 0 saturated carbocycles. The van der Waals surface area contributed by atoms with E-state index in [1.165, 1.54) is 0 Å². The summed E-state index contributed by atoms with van der Waals surface area (Å²) in [4.78, 5) is 11.7. The van der Waals surface area contributed by atoms with Crippen LogP contribution in [0.1, 0.15) is 39.5 Å². The van der Waals surface area contributed by atoms with Gasteiger partial charge in [-0.15, -0.1) is 0 Å². The van der Waals surface area contributed by atoms with Gasteiger partial charge in [0, 0.05) is 25.4 Å². The molecule has 0 bridgehead atoms. The number of carbonyl (C=O) groups excluding carboxylic acids is 1. The summed E-state index contributed by atoms with van der Waals surface area (Å²) in [6, 6.07) is -0.166. The molecule has 0 aliphatic carbocycles. The predicted octanol–water partition coefficient (Wildman–Crippen LogP) is 1.16. The summed E-state index contributed by atoms with van der Waals surface area (Å²) in [6.07, 6.45) is 2.91. The molecule has 0 spiro atoms. The highest BCUT2D eigenvalue weighted by Gasteiger charge is 2.25. The van der Waals surface area contributed by atoms with Gasteiger partial charge in [0.2, 0.25) is 0 Å². The predicted molar refractivity (Wildman–Crippen MR) is 68.8 cm³/mol. The molecule has 100 valence electrons. The van der Waals surface area contributed by atoms with Gasteiger partial charge in [-0.3, -0.25) is 4.79 Å². The van der Waals surface area contributed by atoms with Crippen LogP contribution >= 0.6 is 0 Å². The highest BCUT2D eigenvalue weighted by molar-refractivity contribution is 7.91. The molecule has 0 radical (unpaired) electrons. The number of hydrogen-bond donors (Lipinski definition) is 1. The van der Waals surface area contributed by atoms with E-state index in [2.05, 4.69) is 19.2 Å². The van der Waals surface area contributed by atoms with Crippen molar-refractivity contribution in [3.05, 3.63) is 0 Å². The van der Waals surface area contributed by atoms with Gasteiger partial charge in [-0.25, -0.2) is 8.42 Å². The fourth-order valence-electron chi connectivity index (χ4n) is 2.08. The maximum atomic E-state index is 11.7. The maximum Gasteiger partial charge on any atom is 0.153 e. The van der Waals surface area contributed by atoms with E-state index in [1.807, 2.05) is 0 Å². The molecule has 17 heavy (non-hydrogen) atoms. The molecule has 1 N–H and O–H groups in total. The number of nitrogens with one attached hydrogen (secondary N) is 1. The van der Waals surface area contributed by atoms with Crippen LogP contribution in [0.3, 0.4) is 0 Å². The molecule has 0 aromatic carbocycles. The molecule has 1 fully saturated rings. The Hall–Kier alpha value is -0.420. The molecule has 0 amide bonds. The van der Waals surface area contributed by atoms with Gasteiger partial charge in [0.1, 0.15) is 5.78 Å². The summed E-state index contributed by atoms with van der Waals surface area (Å²) >= 11 is 0. The average molecular weight is 261 g/mol. The number of rotatable bonds is 6. The van der Waals surface area contributed by atoms with Crippen molar-refractivity contribution in [1.82, 2.24) is 5.32 Å². The van der Waals surface area contributed by atoms with E-state index in [4.69, 9.17) is 0 Å². The average Bonchev–Trinajstić information content (AvgIpc) is 2.14. The Balaban J connectivity index is 2.26. The van der Waals surface area contributed by atoms with Gasteiger partial charge in [-0.2, -0.15) is 0 Å². The Bertz CT molecular complexity index is 349. The standard InChI is InChI=1S/C12H23NO3S/c1-10(2)4-3-5-12(14)8-11-9-17(15,16)7-6-13-11/h10-11,13H,3-9H2,1-2H3. The van der Waals surface area contributed by atoms with Crippen LogP contribution in [0.15, 0.2) is 0 Å². The number of carbonyl (C=O) groups is 1. The monoisotopic (exact) mass is 261 g/mol. The van der Waals surface area contributed by atoms with Crippen molar-refractivity contribution in [2.45, 2.75) is 45.6 Å². The number of hydrogen-bond acceptors (Lipinski definition) is 4. The number of sulfone groups is 1. The van der Waals surface area contributed by atoms with Gasteiger partial charge >= 0.3 is 0 Å². The van der Waals surface area contributed by atoms with Crippen molar-refractivity contribution in [2.24, 2.45) is 5.92 Å². The van der Waals surface area contributed by atoms with Crippen molar-refractivity contribution in [2.75, 3.05) is 18.1 Å². The molecule has 1 rings (SSSR count). The molecule has 0 aromatic heterocycles. The molecule has 4 nitrogen and oxygen atoms in total. The summed E-state index contributed by atoms with van der Waals surface area (Å²) < 4.78 is 22.8. The third-order valence-corrected chi connectivity index (χ3v) is 4.75. The molecule has 1 aliphatic heterocycles. The molecule has 5 heteroatoms. The zero-order chi connectivity index (χ0) is 12.9. The lowest BCUT2D eigenvalue weighted by Crippen LogP contribution is -2.45. The first-order chi connectivity index (χ1) is 7.89. The lowest BCUT2D eigenvalue weighted by molar-refractivity contribution is -0.119. The maximum absolute atomic E-state index is 11.7. The summed E-state index contributed by atoms with van der Waals surface area (Å²) in [5.74, 6) is 1.12. The first-order valence-electron chi connectivity index (χ1n) is 6.34. The molecule has 1 unspecified atom stereocenters. The molecular formula is C12H23NO3S. The van der Waals surface area contributed by atoms with E-state index in [-0.39, 0.29) is 23.3 Å². The van der Waals surface area contributed by atoms with Crippen LogP contribution < -0.4 is 5.32 Å². The Kier molecular flexibility index (Phi) is 5.59. The SMILES string of the molecule is CC(C)CCCC(=O)CC1CS(=O)(=O)CCN1. The van der Waals surface area contributed by atoms with Crippen molar-refractivity contribution in [3.63, 3.8) is 0 Å². The minimum absolute atomic E-state index is 0.114. The first-order valence-corrected chi connectivity index (χ1v) is 8.16. The van der Waals surface area contributed by atoms with Crippen LogP contribution in [0.2, 0.25) is 0 Å². The minimum atomic E-state index is -2.93. The summed E-state index contributed by atoms with van der Waals surface area (Å²) in [5.41, 5.74) is 0. The van der Waals surface area contributed by atoms with E-state index in [1.54, 1.807) is 0 Å². The van der Waals surface area contributed by atoms with Gasteiger partial charge in [-0.05, 0) is 12.3 Å². The normalized spacial score (nSPS) is 23.8. The second-order valence-corrected chi connectivity index (χ2v) is 7.52. The zero-order valence-electron chi connectivity index (χ0n) is 10.7. The fourth-order valence-corrected chi connectivity index (χ4v) is 3.53. The smallest absolute Gasteiger partial charge is 0.153 e. The number of ketones is 1. The number of Topliss-reactive ketones (excluding diaryl/α,β-unsaturated/α-hetero) is 1. The van der Waals surface area contributed by atoms with Crippen molar-refractivity contribution in [1.29, 1.82) is 0 Å². The zero-order valence-corrected chi connectivity index (χ0v) is 11.6. The Morgan fingerprint density at radius 2 is 2.12 bits per heavy atom. The van der Waals surface area contributed by atoms with Crippen molar-refractivity contribution < 1.29 is 13.2 Å². The van der Waals surface area contributed by atoms with Crippen molar-refractivity contribution in [3.8, 4) is 0 Å². The largest absolute Gasteiger partial charge is 0.312 e. The second-order valence-electron chi connectivity index (χ2n) is 5.29. The van der Waals surface area contributed by atoms with Gasteiger partial charge in [0.05, 0.1) is 11.5 Å². The minimum Gasteiger partial charge on any atom is -0.312 e. The lowest BCUT2D eigenvalue weighted by atomic mass is 10.0. The van der Waals surface area contributed by atoms with E-state index >= 15 is 0 Å². The molecule has 1 heterocycles. The Labute approximate surface area is 104 Å². The van der Waals surface area contributed by atoms with E-state index < -0.39 is 9.84 Å². The Morgan fingerprint density at radius 1 is 1.41 bits per heavy atom. The first kappa shape index (κ1) is 14.6. The van der Waals surface area contributed by atoms with Gasteiger partial charge < -0.3 is 5.32 Å². The molecule has 0 aromatic rings. The summed E-state index contributed by atoms with van der Waals surface area (Å²) in [7, 11) is -2.93. The van der Waals surface area contributed by atoms with Gasteiger partial charge in [0.25, 0.3) is 0 Å². The third-order valence-electron chi connectivity index (χ3n) is 3.01. The van der Waals surface area contributed by atoms with E-state index in [0.29, 0.717) is 25.3 Å². The quantitative estimate of drug-likeness (QED) is 0.779. The molecule has 1 saturated heterocycles. The van der Waals surface area contributed by atoms with Crippen LogP contribution in [0.5, 0.6) is 0 Å². The fraction of sp³-hybridized carbons (Fsp3) is 0.917. The Morgan fingerprint density at radius 3 is 2.71 bits per heavy atom. The van der Waals surface area contributed by atoms with Crippen LogP contribution in [-0.4, -0.2) is 38.3 Å². The van der Waals surface area contributed by atoms with E-state index in [9.17, 15) is 13.2 Å². The summed E-state index contributed by atoms with van der Waals surface area (Å²) in [5, 5.41) is 3.10. The van der Waals surface area contributed by atoms with Crippen LogP contribution in [-0.2, 0) is 14.6 Å². The van der Waals surface area contributed by atoms with Crippen LogP contribution in [0, 0.1) is 5.92 Å². The highest BCUT2D eigenvalue weighted by Crippen LogP contribution is 2.11. The topological polar surface area (TPSA) is 63.2 Å². The lowest BCUT2D eigenvalue weighted by Gasteiger charge is -2.23. The third kappa shape index (κ3) is 6.17. The van der Waals surface area contributed by atoms with Gasteiger partial charge in [0.15, 0.2) is 9.84 Å². The second kappa shape index (κ2) is 6.50. The molecule has 1 atom stereocenters. The highest BCUT2D eigenvalue weighted by atomic mass is 32.2. The summed E-state index contributed by atoms with van der Waals surface area (Å²) in [6.45, 7) is 4.76. The van der Waals surface area contributed by atoms with Gasteiger partial charge in [-0.1, -0.05) is 20.3 Å². The van der Waals surface area contributed by atoms with Crippen LogP contribution in [0.4, 0.5) is 0 Å². The molecule has 1 aliphatic rings. The van der Waals surface area contributed by atoms with Crippen molar-refractivity contribution >= 4 is 15.6 Å². The molecular weight excluding hydrogens is 238 g/mol. The van der Waals surface area contributed by atoms with Crippen LogP contribution in [0.25, 0.3) is 0 Å².